The summed E-state index contributed by atoms with van der Waals surface area (Å²) < 4.78 is 10.0. The van der Waals surface area contributed by atoms with Crippen LogP contribution >= 0.6 is 11.8 Å². The predicted molar refractivity (Wildman–Crippen MR) is 157 cm³/mol. The van der Waals surface area contributed by atoms with Gasteiger partial charge in [-0.25, -0.2) is 9.59 Å². The second-order valence-electron chi connectivity index (χ2n) is 9.79. The van der Waals surface area contributed by atoms with Crippen LogP contribution in [0.2, 0.25) is 0 Å². The van der Waals surface area contributed by atoms with Crippen LogP contribution in [0.3, 0.4) is 0 Å². The smallest absolute Gasteiger partial charge is 0.410 e. The fourth-order valence-electron chi connectivity index (χ4n) is 4.69. The largest absolute Gasteiger partial charge is 0.445 e. The molecule has 2 N–H and O–H groups in total. The Morgan fingerprint density at radius 1 is 1.00 bits per heavy atom. The molecule has 2 aliphatic heterocycles. The highest BCUT2D eigenvalue weighted by Gasteiger charge is 2.44. The van der Waals surface area contributed by atoms with E-state index in [0.29, 0.717) is 12.0 Å². The molecule has 3 rings (SSSR count). The number of nitrogens with zero attached hydrogens (tertiary/aromatic N) is 3. The molecule has 2 saturated heterocycles. The fraction of sp³-hybridized carbons (Fsp3) is 0.483. The van der Waals surface area contributed by atoms with E-state index >= 15 is 0 Å². The van der Waals surface area contributed by atoms with Crippen molar-refractivity contribution in [1.82, 2.24) is 20.0 Å². The van der Waals surface area contributed by atoms with Gasteiger partial charge in [0.05, 0.1) is 0 Å². The van der Waals surface area contributed by atoms with E-state index in [9.17, 15) is 29.1 Å². The van der Waals surface area contributed by atoms with Crippen molar-refractivity contribution in [3.8, 4) is 0 Å². The molecule has 0 aromatic heterocycles. The SMILES string of the molecule is C=CCOC(=O)NCCC[C@H](O)C(=O)N1CCN(C(=O)[C@@H]2C[C@H](SC(=O)c3ccccc3)CN2C(=O)OCC=C)CC1. The molecular weight excluding hydrogens is 564 g/mol. The zero-order valence-corrected chi connectivity index (χ0v) is 24.3. The maximum atomic E-state index is 13.6. The van der Waals surface area contributed by atoms with E-state index in [-0.39, 0.29) is 81.6 Å². The Balaban J connectivity index is 1.51. The van der Waals surface area contributed by atoms with E-state index in [4.69, 9.17) is 9.47 Å². The summed E-state index contributed by atoms with van der Waals surface area (Å²) in [4.78, 5) is 67.8. The molecule has 12 nitrogen and oxygen atoms in total. The third kappa shape index (κ3) is 9.35. The summed E-state index contributed by atoms with van der Waals surface area (Å²) in [6.07, 6.45) is 1.23. The molecule has 13 heteroatoms. The molecule has 0 saturated carbocycles. The third-order valence-electron chi connectivity index (χ3n) is 6.83. The van der Waals surface area contributed by atoms with Crippen LogP contribution in [-0.4, -0.2) is 119 Å². The second kappa shape index (κ2) is 16.6. The molecule has 42 heavy (non-hydrogen) atoms. The molecule has 0 spiro atoms. The average Bonchev–Trinajstić information content (AvgIpc) is 3.44. The first-order chi connectivity index (χ1) is 20.2. The van der Waals surface area contributed by atoms with Crippen LogP contribution in [0.25, 0.3) is 0 Å². The van der Waals surface area contributed by atoms with Crippen LogP contribution < -0.4 is 5.32 Å². The van der Waals surface area contributed by atoms with Crippen LogP contribution in [0.15, 0.2) is 55.6 Å². The van der Waals surface area contributed by atoms with E-state index in [0.717, 1.165) is 11.8 Å². The Kier molecular flexibility index (Phi) is 12.9. The summed E-state index contributed by atoms with van der Waals surface area (Å²) in [6, 6.07) is 8.01. The zero-order valence-electron chi connectivity index (χ0n) is 23.5. The minimum Gasteiger partial charge on any atom is -0.445 e. The first kappa shape index (κ1) is 32.7. The number of benzene rings is 1. The number of aliphatic hydroxyl groups is 1. The fourth-order valence-corrected chi connectivity index (χ4v) is 5.78. The van der Waals surface area contributed by atoms with Gasteiger partial charge in [-0.2, -0.15) is 0 Å². The van der Waals surface area contributed by atoms with Crippen molar-refractivity contribution < 1.29 is 38.6 Å². The van der Waals surface area contributed by atoms with Gasteiger partial charge in [-0.15, -0.1) is 0 Å². The number of nitrogens with one attached hydrogen (secondary N) is 1. The first-order valence-corrected chi connectivity index (χ1v) is 14.7. The Bertz CT molecular complexity index is 1130. The lowest BCUT2D eigenvalue weighted by atomic mass is 10.1. The minimum absolute atomic E-state index is 0.00439. The lowest BCUT2D eigenvalue weighted by molar-refractivity contribution is -0.147. The second-order valence-corrected chi connectivity index (χ2v) is 11.1. The van der Waals surface area contributed by atoms with Gasteiger partial charge in [-0.1, -0.05) is 67.4 Å². The number of ether oxygens (including phenoxy) is 2. The molecular formula is C29H38N4O8S. The maximum absolute atomic E-state index is 13.6. The number of hydrogen-bond acceptors (Lipinski definition) is 9. The molecule has 0 aliphatic carbocycles. The number of likely N-dealkylation sites (tertiary alicyclic amines) is 1. The summed E-state index contributed by atoms with van der Waals surface area (Å²) in [5.41, 5.74) is 0.545. The predicted octanol–water partition coefficient (Wildman–Crippen LogP) is 2.05. The molecule has 2 heterocycles. The van der Waals surface area contributed by atoms with Gasteiger partial charge < -0.3 is 29.7 Å². The molecule has 3 atom stereocenters. The van der Waals surface area contributed by atoms with Gasteiger partial charge in [0.25, 0.3) is 5.91 Å². The van der Waals surface area contributed by atoms with E-state index in [1.165, 1.54) is 22.0 Å². The lowest BCUT2D eigenvalue weighted by Crippen LogP contribution is -2.56. The number of hydrogen-bond donors (Lipinski definition) is 2. The highest BCUT2D eigenvalue weighted by molar-refractivity contribution is 8.14. The van der Waals surface area contributed by atoms with Crippen molar-refractivity contribution in [2.45, 2.75) is 36.7 Å². The van der Waals surface area contributed by atoms with Crippen molar-refractivity contribution in [2.75, 3.05) is 52.5 Å². The molecule has 1 aromatic rings. The average molecular weight is 603 g/mol. The molecule has 2 aliphatic rings. The van der Waals surface area contributed by atoms with Crippen LogP contribution in [0.1, 0.15) is 29.6 Å². The quantitative estimate of drug-likeness (QED) is 0.271. The van der Waals surface area contributed by atoms with E-state index < -0.39 is 30.2 Å². The molecule has 228 valence electrons. The molecule has 0 radical (unpaired) electrons. The number of aliphatic hydroxyl groups excluding tert-OH is 1. The van der Waals surface area contributed by atoms with Gasteiger partial charge in [-0.05, 0) is 19.3 Å². The summed E-state index contributed by atoms with van der Waals surface area (Å²) in [7, 11) is 0. The third-order valence-corrected chi connectivity index (χ3v) is 7.96. The van der Waals surface area contributed by atoms with Crippen LogP contribution in [-0.2, 0) is 19.1 Å². The normalized spacial score (nSPS) is 19.0. The number of amides is 4. The summed E-state index contributed by atoms with van der Waals surface area (Å²) in [5, 5.41) is 12.5. The van der Waals surface area contributed by atoms with E-state index in [2.05, 4.69) is 18.5 Å². The van der Waals surface area contributed by atoms with Crippen LogP contribution in [0.4, 0.5) is 9.59 Å². The van der Waals surface area contributed by atoms with Crippen molar-refractivity contribution in [1.29, 1.82) is 0 Å². The van der Waals surface area contributed by atoms with E-state index in [1.54, 1.807) is 29.2 Å². The van der Waals surface area contributed by atoms with Gasteiger partial charge >= 0.3 is 12.2 Å². The zero-order chi connectivity index (χ0) is 30.5. The van der Waals surface area contributed by atoms with Gasteiger partial charge in [-0.3, -0.25) is 19.3 Å². The first-order valence-electron chi connectivity index (χ1n) is 13.8. The van der Waals surface area contributed by atoms with Crippen molar-refractivity contribution in [3.63, 3.8) is 0 Å². The summed E-state index contributed by atoms with van der Waals surface area (Å²) in [6.45, 7) is 8.45. The number of carbonyl (C=O) groups excluding carboxylic acids is 5. The highest BCUT2D eigenvalue weighted by atomic mass is 32.2. The number of alkyl carbamates (subject to hydrolysis) is 1. The Hall–Kier alpha value is -3.84. The monoisotopic (exact) mass is 602 g/mol. The topological polar surface area (TPSA) is 146 Å². The Morgan fingerprint density at radius 2 is 1.64 bits per heavy atom. The molecule has 0 unspecified atom stereocenters. The number of carbonyl (C=O) groups is 5. The van der Waals surface area contributed by atoms with Crippen LogP contribution in [0, 0.1) is 0 Å². The molecule has 4 amide bonds. The number of piperazine rings is 1. The minimum atomic E-state index is -1.23. The Labute approximate surface area is 249 Å². The maximum Gasteiger partial charge on any atom is 0.410 e. The summed E-state index contributed by atoms with van der Waals surface area (Å²) >= 11 is 1.10. The number of rotatable bonds is 12. The van der Waals surface area contributed by atoms with Gasteiger partial charge in [0.1, 0.15) is 25.4 Å². The van der Waals surface area contributed by atoms with Crippen molar-refractivity contribution in [3.05, 3.63) is 61.2 Å². The standard InChI is InChI=1S/C29H38N4O8S/c1-3-17-40-28(38)30-12-8-11-24(34)26(36)32-15-13-31(14-16-32)25(35)23-19-22(20-33(23)29(39)41-18-4-2)42-27(37)21-9-6-5-7-10-21/h3-7,9-10,22-24,34H,1-2,8,11-20H2,(H,30,38)/t22-,23-,24-/m0/s1. The van der Waals surface area contributed by atoms with Crippen molar-refractivity contribution >= 4 is 40.9 Å². The van der Waals surface area contributed by atoms with E-state index in [1.807, 2.05) is 6.07 Å². The highest BCUT2D eigenvalue weighted by Crippen LogP contribution is 2.31. The lowest BCUT2D eigenvalue weighted by Gasteiger charge is -2.37. The number of thioether (sulfide) groups is 1. The van der Waals surface area contributed by atoms with Gasteiger partial charge in [0.2, 0.25) is 11.0 Å². The Morgan fingerprint density at radius 3 is 2.31 bits per heavy atom. The molecule has 0 bridgehead atoms. The summed E-state index contributed by atoms with van der Waals surface area (Å²) in [5.74, 6) is -0.717. The molecule has 1 aromatic carbocycles. The van der Waals surface area contributed by atoms with Gasteiger partial charge in [0.15, 0.2) is 0 Å². The molecule has 2 fully saturated rings. The van der Waals surface area contributed by atoms with Gasteiger partial charge in [0, 0.05) is 50.1 Å². The van der Waals surface area contributed by atoms with Crippen LogP contribution in [0.5, 0.6) is 0 Å². The van der Waals surface area contributed by atoms with Crippen molar-refractivity contribution in [2.24, 2.45) is 0 Å².